The Morgan fingerprint density at radius 3 is 2.96 bits per heavy atom. The number of carbonyl (C=O) groups excluding carboxylic acids is 1. The van der Waals surface area contributed by atoms with Gasteiger partial charge >= 0.3 is 0 Å². The molecular formula is C22H25N3O2. The van der Waals surface area contributed by atoms with Crippen LogP contribution >= 0.6 is 0 Å². The van der Waals surface area contributed by atoms with Gasteiger partial charge in [0.15, 0.2) is 0 Å². The van der Waals surface area contributed by atoms with Gasteiger partial charge in [-0.15, -0.1) is 0 Å². The first-order valence-corrected chi connectivity index (χ1v) is 9.54. The van der Waals surface area contributed by atoms with Gasteiger partial charge in [0.2, 0.25) is 0 Å². The molecule has 1 aliphatic rings. The molecule has 1 atom stereocenters. The van der Waals surface area contributed by atoms with Gasteiger partial charge in [0.25, 0.3) is 5.91 Å². The van der Waals surface area contributed by atoms with Crippen molar-refractivity contribution >= 4 is 16.8 Å². The summed E-state index contributed by atoms with van der Waals surface area (Å²) in [5, 5.41) is 7.70. The van der Waals surface area contributed by atoms with Gasteiger partial charge in [0.1, 0.15) is 0 Å². The highest BCUT2D eigenvalue weighted by Gasteiger charge is 2.16. The van der Waals surface area contributed by atoms with Crippen LogP contribution in [0.25, 0.3) is 10.9 Å². The van der Waals surface area contributed by atoms with Crippen molar-refractivity contribution in [1.82, 2.24) is 15.6 Å². The number of ether oxygens (including phenoxy) is 1. The smallest absolute Gasteiger partial charge is 0.251 e. The Labute approximate surface area is 159 Å². The molecule has 1 unspecified atom stereocenters. The molecule has 0 radical (unpaired) electrons. The number of H-pyrrole nitrogens is 1. The summed E-state index contributed by atoms with van der Waals surface area (Å²) in [5.74, 6) is -0.0376. The minimum Gasteiger partial charge on any atom is -0.376 e. The Bertz CT molecular complexity index is 913. The van der Waals surface area contributed by atoms with Crippen LogP contribution in [0.2, 0.25) is 0 Å². The van der Waals surface area contributed by atoms with Crippen LogP contribution in [0.5, 0.6) is 0 Å². The van der Waals surface area contributed by atoms with Crippen LogP contribution in [-0.4, -0.2) is 30.1 Å². The van der Waals surface area contributed by atoms with Crippen LogP contribution in [-0.2, 0) is 17.8 Å². The van der Waals surface area contributed by atoms with Gasteiger partial charge in [-0.3, -0.25) is 4.79 Å². The average Bonchev–Trinajstić information content (AvgIpc) is 3.38. The largest absolute Gasteiger partial charge is 0.376 e. The quantitative estimate of drug-likeness (QED) is 0.603. The zero-order chi connectivity index (χ0) is 18.5. The number of aromatic nitrogens is 1. The molecule has 0 bridgehead atoms. The lowest BCUT2D eigenvalue weighted by Gasteiger charge is -2.12. The highest BCUT2D eigenvalue weighted by Crippen LogP contribution is 2.17. The predicted octanol–water partition coefficient (Wildman–Crippen LogP) is 3.37. The molecule has 1 aromatic heterocycles. The van der Waals surface area contributed by atoms with Crippen molar-refractivity contribution < 1.29 is 9.53 Å². The maximum absolute atomic E-state index is 12.4. The van der Waals surface area contributed by atoms with Gasteiger partial charge in [-0.25, -0.2) is 0 Å². The number of rotatable bonds is 7. The Morgan fingerprint density at radius 1 is 1.15 bits per heavy atom. The number of nitrogens with one attached hydrogen (secondary N) is 3. The van der Waals surface area contributed by atoms with E-state index in [0.29, 0.717) is 18.7 Å². The summed E-state index contributed by atoms with van der Waals surface area (Å²) in [6, 6.07) is 16.2. The molecule has 27 heavy (non-hydrogen) atoms. The molecule has 0 spiro atoms. The number of aromatic amines is 1. The van der Waals surface area contributed by atoms with Crippen molar-refractivity contribution in [3.63, 3.8) is 0 Å². The summed E-state index contributed by atoms with van der Waals surface area (Å²) in [6.45, 7) is 2.89. The average molecular weight is 363 g/mol. The molecule has 3 aromatic rings. The summed E-state index contributed by atoms with van der Waals surface area (Å²) < 4.78 is 5.56. The van der Waals surface area contributed by atoms with Crippen molar-refractivity contribution in [3.05, 3.63) is 71.4 Å². The minimum atomic E-state index is -0.0376. The normalized spacial score (nSPS) is 16.7. The van der Waals surface area contributed by atoms with E-state index in [2.05, 4.69) is 39.9 Å². The lowest BCUT2D eigenvalue weighted by atomic mass is 10.1. The lowest BCUT2D eigenvalue weighted by molar-refractivity contribution is 0.0857. The monoisotopic (exact) mass is 363 g/mol. The summed E-state index contributed by atoms with van der Waals surface area (Å²) in [5.41, 5.74) is 4.21. The minimum absolute atomic E-state index is 0.0376. The number of benzene rings is 2. The van der Waals surface area contributed by atoms with Crippen LogP contribution in [0.4, 0.5) is 0 Å². The maximum Gasteiger partial charge on any atom is 0.251 e. The van der Waals surface area contributed by atoms with Crippen LogP contribution in [0, 0.1) is 0 Å². The second-order valence-corrected chi connectivity index (χ2v) is 7.01. The van der Waals surface area contributed by atoms with Crippen molar-refractivity contribution in [2.45, 2.75) is 32.0 Å². The zero-order valence-corrected chi connectivity index (χ0v) is 15.3. The third kappa shape index (κ3) is 4.38. The van der Waals surface area contributed by atoms with E-state index in [9.17, 15) is 4.79 Å². The highest BCUT2D eigenvalue weighted by atomic mass is 16.5. The Hall–Kier alpha value is -2.63. The van der Waals surface area contributed by atoms with E-state index in [1.807, 2.05) is 30.5 Å². The molecule has 1 saturated heterocycles. The first-order valence-electron chi connectivity index (χ1n) is 9.54. The molecule has 2 aromatic carbocycles. The van der Waals surface area contributed by atoms with Crippen LogP contribution in [0.1, 0.15) is 34.3 Å². The fourth-order valence-electron chi connectivity index (χ4n) is 3.58. The van der Waals surface area contributed by atoms with Gasteiger partial charge in [0, 0.05) is 48.9 Å². The van der Waals surface area contributed by atoms with Gasteiger partial charge in [0.05, 0.1) is 6.10 Å². The van der Waals surface area contributed by atoms with Crippen molar-refractivity contribution in [3.8, 4) is 0 Å². The van der Waals surface area contributed by atoms with E-state index < -0.39 is 0 Å². The van der Waals surface area contributed by atoms with Gasteiger partial charge < -0.3 is 20.4 Å². The van der Waals surface area contributed by atoms with E-state index in [0.717, 1.165) is 37.1 Å². The fourth-order valence-corrected chi connectivity index (χ4v) is 3.58. The van der Waals surface area contributed by atoms with Crippen LogP contribution in [0.3, 0.4) is 0 Å². The van der Waals surface area contributed by atoms with Crippen molar-refractivity contribution in [2.24, 2.45) is 0 Å². The molecule has 5 nitrogen and oxygen atoms in total. The molecule has 4 rings (SSSR count). The topological polar surface area (TPSA) is 66.2 Å². The van der Waals surface area contributed by atoms with E-state index >= 15 is 0 Å². The molecule has 1 aliphatic heterocycles. The molecule has 2 heterocycles. The number of hydrogen-bond donors (Lipinski definition) is 3. The first kappa shape index (κ1) is 17.8. The molecule has 1 amide bonds. The Kier molecular flexibility index (Phi) is 5.51. The van der Waals surface area contributed by atoms with E-state index in [1.54, 1.807) is 0 Å². The summed E-state index contributed by atoms with van der Waals surface area (Å²) in [7, 11) is 0. The second-order valence-electron chi connectivity index (χ2n) is 7.01. The van der Waals surface area contributed by atoms with Crippen LogP contribution < -0.4 is 10.6 Å². The summed E-state index contributed by atoms with van der Waals surface area (Å²) in [6.07, 6.45) is 4.23. The fraction of sp³-hybridized carbons (Fsp3) is 0.318. The number of amides is 1. The Morgan fingerprint density at radius 2 is 2.07 bits per heavy atom. The summed E-state index contributed by atoms with van der Waals surface area (Å²) in [4.78, 5) is 15.6. The molecule has 0 aliphatic carbocycles. The number of fused-ring (bicyclic) bond motifs is 1. The predicted molar refractivity (Wildman–Crippen MR) is 107 cm³/mol. The van der Waals surface area contributed by atoms with Crippen molar-refractivity contribution in [2.75, 3.05) is 13.2 Å². The lowest BCUT2D eigenvalue weighted by Crippen LogP contribution is -2.31. The molecule has 1 fully saturated rings. The van der Waals surface area contributed by atoms with E-state index in [1.165, 1.54) is 10.9 Å². The third-order valence-electron chi connectivity index (χ3n) is 5.03. The standard InChI is InChI=1S/C22H25N3O2/c26-22(25-15-19-7-3-11-27-19)17-5-1-4-16(12-17)13-23-14-18-6-2-8-21-20(18)9-10-24-21/h1-2,4-6,8-10,12,19,23-24H,3,7,11,13-15H2,(H,25,26). The van der Waals surface area contributed by atoms with Gasteiger partial charge in [-0.1, -0.05) is 24.3 Å². The second kappa shape index (κ2) is 8.37. The van der Waals surface area contributed by atoms with E-state index in [4.69, 9.17) is 4.74 Å². The number of carbonyl (C=O) groups is 1. The SMILES string of the molecule is O=C(NCC1CCCO1)c1cccc(CNCc2cccc3[nH]ccc23)c1. The molecule has 5 heteroatoms. The summed E-state index contributed by atoms with van der Waals surface area (Å²) >= 11 is 0. The molecule has 0 saturated carbocycles. The van der Waals surface area contributed by atoms with E-state index in [-0.39, 0.29) is 12.0 Å². The van der Waals surface area contributed by atoms with Crippen LogP contribution in [0.15, 0.2) is 54.7 Å². The Balaban J connectivity index is 1.32. The molecule has 140 valence electrons. The van der Waals surface area contributed by atoms with Gasteiger partial charge in [-0.05, 0) is 48.2 Å². The maximum atomic E-state index is 12.4. The number of hydrogen-bond acceptors (Lipinski definition) is 3. The molecular weight excluding hydrogens is 338 g/mol. The zero-order valence-electron chi connectivity index (χ0n) is 15.3. The van der Waals surface area contributed by atoms with Crippen molar-refractivity contribution in [1.29, 1.82) is 0 Å². The third-order valence-corrected chi connectivity index (χ3v) is 5.03. The first-order chi connectivity index (χ1) is 13.3. The van der Waals surface area contributed by atoms with Gasteiger partial charge in [-0.2, -0.15) is 0 Å². The molecule has 3 N–H and O–H groups in total. The highest BCUT2D eigenvalue weighted by molar-refractivity contribution is 5.94.